The molecule has 0 unspecified atom stereocenters. The van der Waals surface area contributed by atoms with Gasteiger partial charge < -0.3 is 24.0 Å². The summed E-state index contributed by atoms with van der Waals surface area (Å²) >= 11 is 0. The van der Waals surface area contributed by atoms with Gasteiger partial charge in [-0.2, -0.15) is 0 Å². The number of nitrogens with zero attached hydrogens (tertiary/aromatic N) is 2. The largest absolute Gasteiger partial charge is 1.00 e. The smallest absolute Gasteiger partial charge is 0.331 e. The SMILES string of the molecule is CN1C=C=C([O])N(C)C1=O.[I-].[Zn]. The summed E-state index contributed by atoms with van der Waals surface area (Å²) < 4.78 is 0. The molecule has 0 aliphatic carbocycles. The van der Waals surface area contributed by atoms with Crippen molar-refractivity contribution < 1.29 is 53.4 Å². The van der Waals surface area contributed by atoms with Crippen molar-refractivity contribution in [1.82, 2.24) is 9.80 Å². The molecule has 0 aromatic rings. The van der Waals surface area contributed by atoms with Crippen molar-refractivity contribution in [1.29, 1.82) is 0 Å². The zero-order valence-corrected chi connectivity index (χ0v) is 12.0. The molecule has 0 aromatic carbocycles. The van der Waals surface area contributed by atoms with Crippen LogP contribution in [0.5, 0.6) is 0 Å². The molecule has 12 heavy (non-hydrogen) atoms. The first-order valence-electron chi connectivity index (χ1n) is 2.77. The van der Waals surface area contributed by atoms with Crippen molar-refractivity contribution >= 4 is 6.03 Å². The Labute approximate surface area is 101 Å². The zero-order chi connectivity index (χ0) is 7.72. The van der Waals surface area contributed by atoms with E-state index in [0.29, 0.717) is 0 Å². The van der Waals surface area contributed by atoms with Crippen LogP contribution in [0.4, 0.5) is 4.79 Å². The van der Waals surface area contributed by atoms with Crippen molar-refractivity contribution in [3.05, 3.63) is 17.8 Å². The predicted molar refractivity (Wildman–Crippen MR) is 33.2 cm³/mol. The minimum absolute atomic E-state index is 0. The Morgan fingerprint density at radius 2 is 1.92 bits per heavy atom. The van der Waals surface area contributed by atoms with Gasteiger partial charge in [-0.3, -0.25) is 14.9 Å². The van der Waals surface area contributed by atoms with Gasteiger partial charge in [0.15, 0.2) is 0 Å². The summed E-state index contributed by atoms with van der Waals surface area (Å²) in [5.74, 6) is -0.400. The number of halogens is 1. The average Bonchev–Trinajstić information content (AvgIpc) is 1.93. The van der Waals surface area contributed by atoms with Crippen LogP contribution >= 0.6 is 0 Å². The van der Waals surface area contributed by atoms with Crippen LogP contribution < -0.4 is 24.0 Å². The summed E-state index contributed by atoms with van der Waals surface area (Å²) in [4.78, 5) is 13.2. The van der Waals surface area contributed by atoms with Gasteiger partial charge in [0, 0.05) is 33.6 Å². The van der Waals surface area contributed by atoms with E-state index in [4.69, 9.17) is 0 Å². The molecule has 0 fully saturated rings. The predicted octanol–water partition coefficient (Wildman–Crippen LogP) is -2.63. The molecule has 63 valence electrons. The Hall–Kier alpha value is -0.0566. The van der Waals surface area contributed by atoms with Gasteiger partial charge in [0.1, 0.15) is 0 Å². The summed E-state index contributed by atoms with van der Waals surface area (Å²) in [6.45, 7) is 0. The third-order valence-corrected chi connectivity index (χ3v) is 1.27. The second kappa shape index (κ2) is 5.57. The third-order valence-electron chi connectivity index (χ3n) is 1.27. The first-order valence-corrected chi connectivity index (χ1v) is 2.77. The summed E-state index contributed by atoms with van der Waals surface area (Å²) in [7, 11) is 2.99. The minimum Gasteiger partial charge on any atom is -1.00 e. The zero-order valence-electron chi connectivity index (χ0n) is 6.87. The molecule has 0 saturated heterocycles. The van der Waals surface area contributed by atoms with Gasteiger partial charge in [-0.05, 0) is 5.73 Å². The molecule has 1 aliphatic heterocycles. The quantitative estimate of drug-likeness (QED) is 0.272. The molecular formula is C6H7IN2O2Zn-. The van der Waals surface area contributed by atoms with E-state index in [1.54, 1.807) is 7.05 Å². The normalized spacial score (nSPS) is 14.8. The summed E-state index contributed by atoms with van der Waals surface area (Å²) in [5.41, 5.74) is 2.38. The van der Waals surface area contributed by atoms with Crippen molar-refractivity contribution in [2.45, 2.75) is 0 Å². The van der Waals surface area contributed by atoms with Gasteiger partial charge in [-0.1, -0.05) is 0 Å². The van der Waals surface area contributed by atoms with E-state index in [-0.39, 0.29) is 49.5 Å². The van der Waals surface area contributed by atoms with Crippen molar-refractivity contribution in [3.8, 4) is 0 Å². The van der Waals surface area contributed by atoms with Crippen LogP contribution in [0.1, 0.15) is 0 Å². The molecule has 1 rings (SSSR count). The van der Waals surface area contributed by atoms with Crippen molar-refractivity contribution in [2.75, 3.05) is 14.1 Å². The molecule has 6 heteroatoms. The van der Waals surface area contributed by atoms with E-state index in [1.165, 1.54) is 18.1 Å². The third kappa shape index (κ3) is 2.77. The van der Waals surface area contributed by atoms with Crippen LogP contribution in [-0.2, 0) is 24.6 Å². The number of rotatable bonds is 0. The molecule has 1 radical (unpaired) electrons. The number of amides is 2. The van der Waals surface area contributed by atoms with Gasteiger partial charge in [0.05, 0.1) is 6.20 Å². The molecule has 0 saturated carbocycles. The number of urea groups is 1. The summed E-state index contributed by atoms with van der Waals surface area (Å²) in [5, 5.41) is 10.7. The Morgan fingerprint density at radius 1 is 1.42 bits per heavy atom. The van der Waals surface area contributed by atoms with Crippen molar-refractivity contribution in [2.24, 2.45) is 0 Å². The molecule has 0 bridgehead atoms. The Kier molecular flexibility index (Phi) is 6.71. The molecule has 0 spiro atoms. The maximum Gasteiger partial charge on any atom is 0.331 e. The molecule has 1 heterocycles. The topological polar surface area (TPSA) is 43.5 Å². The first-order chi connectivity index (χ1) is 4.63. The standard InChI is InChI=1S/C6H7N2O2.HI.Zn/c1-7-4-3-5(9)8(2)6(7)10;;/h4H,1-2H3;1H;/p-1. The van der Waals surface area contributed by atoms with Gasteiger partial charge in [-0.25, -0.2) is 4.79 Å². The molecule has 1 aliphatic rings. The fourth-order valence-corrected chi connectivity index (χ4v) is 0.628. The van der Waals surface area contributed by atoms with E-state index in [1.807, 2.05) is 0 Å². The van der Waals surface area contributed by atoms with Crippen LogP contribution in [0.2, 0.25) is 0 Å². The van der Waals surface area contributed by atoms with Crippen LogP contribution in [0.3, 0.4) is 0 Å². The van der Waals surface area contributed by atoms with Crippen LogP contribution in [0.25, 0.3) is 0 Å². The van der Waals surface area contributed by atoms with E-state index in [2.05, 4.69) is 5.73 Å². The second-order valence-electron chi connectivity index (χ2n) is 2.03. The number of carbonyl (C=O) groups is 1. The summed E-state index contributed by atoms with van der Waals surface area (Å²) in [6, 6.07) is -0.330. The van der Waals surface area contributed by atoms with Gasteiger partial charge in [0.2, 0.25) is 0 Å². The number of hydrogen-bond donors (Lipinski definition) is 0. The van der Waals surface area contributed by atoms with Gasteiger partial charge in [-0.15, -0.1) is 0 Å². The molecule has 4 nitrogen and oxygen atoms in total. The number of hydrogen-bond acceptors (Lipinski definition) is 1. The number of carbonyl (C=O) groups excluding carboxylic acids is 1. The molecule has 0 N–H and O–H groups in total. The average molecular weight is 331 g/mol. The molecule has 0 aromatic heterocycles. The minimum atomic E-state index is -0.400. The van der Waals surface area contributed by atoms with E-state index >= 15 is 0 Å². The van der Waals surface area contributed by atoms with Crippen LogP contribution in [-0.4, -0.2) is 29.9 Å². The maximum absolute atomic E-state index is 10.9. The Balaban J connectivity index is 0. The molecule has 0 atom stereocenters. The monoisotopic (exact) mass is 330 g/mol. The van der Waals surface area contributed by atoms with E-state index in [0.717, 1.165) is 4.90 Å². The van der Waals surface area contributed by atoms with Crippen LogP contribution in [0, 0.1) is 0 Å². The Morgan fingerprint density at radius 3 is 2.33 bits per heavy atom. The maximum atomic E-state index is 10.9. The fourth-order valence-electron chi connectivity index (χ4n) is 0.628. The Bertz CT molecular complexity index is 236. The van der Waals surface area contributed by atoms with Crippen molar-refractivity contribution in [3.63, 3.8) is 0 Å². The summed E-state index contributed by atoms with van der Waals surface area (Å²) in [6.07, 6.45) is 1.32. The first kappa shape index (κ1) is 14.5. The molecular weight excluding hydrogens is 324 g/mol. The molecule has 2 amide bonds. The van der Waals surface area contributed by atoms with Gasteiger partial charge in [0.25, 0.3) is 5.88 Å². The fraction of sp³-hybridized carbons (Fsp3) is 0.333. The van der Waals surface area contributed by atoms with E-state index < -0.39 is 5.88 Å². The van der Waals surface area contributed by atoms with Gasteiger partial charge >= 0.3 is 6.03 Å². The van der Waals surface area contributed by atoms with Crippen LogP contribution in [0.15, 0.2) is 17.8 Å². The second-order valence-corrected chi connectivity index (χ2v) is 2.03. The van der Waals surface area contributed by atoms with E-state index in [9.17, 15) is 9.90 Å².